The molecule has 0 radical (unpaired) electrons. The van der Waals surface area contributed by atoms with Gasteiger partial charge in [-0.05, 0) is 12.3 Å². The predicted octanol–water partition coefficient (Wildman–Crippen LogP) is 6.36. The summed E-state index contributed by atoms with van der Waals surface area (Å²) in [5.74, 6) is 1.83. The van der Waals surface area contributed by atoms with Gasteiger partial charge in [0.05, 0.1) is 23.8 Å². The highest BCUT2D eigenvalue weighted by atomic mass is 32.1. The van der Waals surface area contributed by atoms with Crippen molar-refractivity contribution in [1.29, 1.82) is 0 Å². The number of nitrogens with one attached hydrogen (secondary N) is 1. The number of benzene rings is 3. The largest absolute Gasteiger partial charge is 0.338 e. The van der Waals surface area contributed by atoms with Crippen molar-refractivity contribution in [2.45, 2.75) is 0 Å². The molecule has 154 valence electrons. The Morgan fingerprint density at radius 1 is 0.677 bits per heavy atom. The van der Waals surface area contributed by atoms with Crippen LogP contribution in [0.4, 0.5) is 0 Å². The Morgan fingerprint density at radius 2 is 1.29 bits per heavy atom. The summed E-state index contributed by atoms with van der Waals surface area (Å²) in [7, 11) is 2.06. The predicted molar refractivity (Wildman–Crippen MR) is 132 cm³/mol. The first kappa shape index (κ1) is 20.7. The summed E-state index contributed by atoms with van der Waals surface area (Å²) in [5.41, 5.74) is 6.48. The lowest BCUT2D eigenvalue weighted by atomic mass is 10.1. The second kappa shape index (κ2) is 9.49. The summed E-state index contributed by atoms with van der Waals surface area (Å²) < 4.78 is 2.14. The zero-order valence-corrected chi connectivity index (χ0v) is 18.4. The normalized spacial score (nSPS) is 10.4. The molecule has 2 aromatic heterocycles. The number of H-pyrrole nitrogens is 1. The Morgan fingerprint density at radius 3 is 2.00 bits per heavy atom. The van der Waals surface area contributed by atoms with Crippen molar-refractivity contribution in [1.82, 2.24) is 19.5 Å². The number of nitrogens with zero attached hydrogens (tertiary/aromatic N) is 3. The van der Waals surface area contributed by atoms with Gasteiger partial charge in [-0.1, -0.05) is 78.9 Å². The molecule has 0 unspecified atom stereocenters. The average molecular weight is 425 g/mol. The molecule has 5 rings (SSSR count). The smallest absolute Gasteiger partial charge is 0.140 e. The third-order valence-corrected chi connectivity index (χ3v) is 5.11. The second-order valence-corrected chi connectivity index (χ2v) is 6.98. The Hall–Kier alpha value is -3.57. The molecule has 0 bridgehead atoms. The van der Waals surface area contributed by atoms with Gasteiger partial charge in [0.2, 0.25) is 0 Å². The van der Waals surface area contributed by atoms with Crippen molar-refractivity contribution < 1.29 is 0 Å². The molecule has 3 aromatic carbocycles. The third-order valence-electron chi connectivity index (χ3n) is 5.11. The molecule has 0 spiro atoms. The number of rotatable bonds is 4. The zero-order valence-electron chi connectivity index (χ0n) is 17.5. The average Bonchev–Trinajstić information content (AvgIpc) is 3.49. The van der Waals surface area contributed by atoms with Crippen LogP contribution in [0.3, 0.4) is 0 Å². The topological polar surface area (TPSA) is 46.5 Å². The number of aromatic amines is 1. The standard InChI is InChI=1S/C25H20N4.CH4S/c1-29-23(17-27-25(29)19-11-6-3-7-12-19)21-14-8-13-20(15-21)22-16-26-24(28-22)18-9-4-2-5-10-18;1-2/h2-17H,1H3,(H,26,28);2H,1H3. The molecular weight excluding hydrogens is 400 g/mol. The monoisotopic (exact) mass is 424 g/mol. The lowest BCUT2D eigenvalue weighted by Crippen LogP contribution is -1.95. The van der Waals surface area contributed by atoms with Gasteiger partial charge in [0, 0.05) is 29.3 Å². The molecule has 2 heterocycles. The van der Waals surface area contributed by atoms with Crippen molar-refractivity contribution in [3.8, 4) is 45.3 Å². The molecule has 0 saturated carbocycles. The fourth-order valence-corrected chi connectivity index (χ4v) is 3.59. The van der Waals surface area contributed by atoms with Crippen molar-refractivity contribution in [3.05, 3.63) is 97.3 Å². The lowest BCUT2D eigenvalue weighted by molar-refractivity contribution is 0.933. The van der Waals surface area contributed by atoms with Crippen molar-refractivity contribution in [2.75, 3.05) is 6.26 Å². The van der Waals surface area contributed by atoms with Crippen LogP contribution in [0, 0.1) is 0 Å². The minimum Gasteiger partial charge on any atom is -0.338 e. The summed E-state index contributed by atoms with van der Waals surface area (Å²) in [6.07, 6.45) is 5.52. The first-order valence-electron chi connectivity index (χ1n) is 10.0. The van der Waals surface area contributed by atoms with Crippen LogP contribution in [0.5, 0.6) is 0 Å². The summed E-state index contributed by atoms with van der Waals surface area (Å²) in [6, 6.07) is 28.9. The van der Waals surface area contributed by atoms with Gasteiger partial charge in [-0.15, -0.1) is 0 Å². The van der Waals surface area contributed by atoms with Crippen LogP contribution in [0.15, 0.2) is 97.3 Å². The van der Waals surface area contributed by atoms with Gasteiger partial charge in [0.25, 0.3) is 0 Å². The molecule has 5 heteroatoms. The maximum Gasteiger partial charge on any atom is 0.140 e. The maximum absolute atomic E-state index is 4.65. The van der Waals surface area contributed by atoms with Gasteiger partial charge >= 0.3 is 0 Å². The quantitative estimate of drug-likeness (QED) is 0.330. The second-order valence-electron chi connectivity index (χ2n) is 6.98. The van der Waals surface area contributed by atoms with Gasteiger partial charge in [-0.3, -0.25) is 0 Å². The summed E-state index contributed by atoms with van der Waals surface area (Å²) in [6.45, 7) is 0. The minimum absolute atomic E-state index is 0.873. The third kappa shape index (κ3) is 4.32. The summed E-state index contributed by atoms with van der Waals surface area (Å²) >= 11 is 3.53. The summed E-state index contributed by atoms with van der Waals surface area (Å²) in [5, 5.41) is 0. The molecule has 5 aromatic rings. The van der Waals surface area contributed by atoms with Crippen molar-refractivity contribution >= 4 is 12.6 Å². The molecule has 0 atom stereocenters. The van der Waals surface area contributed by atoms with Gasteiger partial charge in [-0.25, -0.2) is 9.97 Å². The molecule has 31 heavy (non-hydrogen) atoms. The fraction of sp³-hybridized carbons (Fsp3) is 0.0769. The van der Waals surface area contributed by atoms with Crippen molar-refractivity contribution in [3.63, 3.8) is 0 Å². The first-order chi connectivity index (χ1) is 15.3. The lowest BCUT2D eigenvalue weighted by Gasteiger charge is -2.08. The first-order valence-corrected chi connectivity index (χ1v) is 10.9. The highest BCUT2D eigenvalue weighted by Gasteiger charge is 2.12. The van der Waals surface area contributed by atoms with E-state index >= 15 is 0 Å². The molecule has 0 aliphatic rings. The molecule has 0 aliphatic heterocycles. The summed E-state index contributed by atoms with van der Waals surface area (Å²) in [4.78, 5) is 12.6. The van der Waals surface area contributed by atoms with E-state index in [0.29, 0.717) is 0 Å². The van der Waals surface area contributed by atoms with Crippen molar-refractivity contribution in [2.24, 2.45) is 7.05 Å². The molecule has 4 nitrogen and oxygen atoms in total. The van der Waals surface area contributed by atoms with Crippen LogP contribution in [-0.4, -0.2) is 25.8 Å². The van der Waals surface area contributed by atoms with E-state index in [1.54, 1.807) is 6.26 Å². The van der Waals surface area contributed by atoms with E-state index < -0.39 is 0 Å². The number of aromatic nitrogens is 4. The van der Waals surface area contributed by atoms with E-state index in [4.69, 9.17) is 0 Å². The van der Waals surface area contributed by atoms with E-state index in [1.807, 2.05) is 48.8 Å². The van der Waals surface area contributed by atoms with Gasteiger partial charge in [0.1, 0.15) is 11.6 Å². The van der Waals surface area contributed by atoms with Crippen LogP contribution in [-0.2, 0) is 7.05 Å². The number of hydrogen-bond acceptors (Lipinski definition) is 3. The molecule has 0 aliphatic carbocycles. The Balaban J connectivity index is 0.00000112. The van der Waals surface area contributed by atoms with E-state index in [9.17, 15) is 0 Å². The maximum atomic E-state index is 4.65. The Kier molecular flexibility index (Phi) is 6.34. The highest BCUT2D eigenvalue weighted by molar-refractivity contribution is 7.79. The van der Waals surface area contributed by atoms with E-state index in [2.05, 4.69) is 87.7 Å². The number of imidazole rings is 2. The van der Waals surface area contributed by atoms with Crippen LogP contribution in [0.2, 0.25) is 0 Å². The fourth-order valence-electron chi connectivity index (χ4n) is 3.59. The van der Waals surface area contributed by atoms with Gasteiger partial charge in [-0.2, -0.15) is 12.6 Å². The number of hydrogen-bond donors (Lipinski definition) is 2. The number of thiol groups is 1. The van der Waals surface area contributed by atoms with Gasteiger partial charge < -0.3 is 9.55 Å². The Labute approximate surface area is 188 Å². The van der Waals surface area contributed by atoms with Gasteiger partial charge in [0.15, 0.2) is 0 Å². The minimum atomic E-state index is 0.873. The van der Waals surface area contributed by atoms with Crippen LogP contribution >= 0.6 is 12.6 Å². The zero-order chi connectivity index (χ0) is 21.6. The molecular formula is C26H24N4S. The van der Waals surface area contributed by atoms with E-state index in [0.717, 1.165) is 45.3 Å². The molecule has 1 N–H and O–H groups in total. The molecule has 0 saturated heterocycles. The van der Waals surface area contributed by atoms with E-state index in [-0.39, 0.29) is 0 Å². The highest BCUT2D eigenvalue weighted by Crippen LogP contribution is 2.29. The SMILES string of the molecule is CS.Cn1c(-c2cccc(-c3cnc(-c4ccccc4)[nH]3)c2)cnc1-c1ccccc1. The van der Waals surface area contributed by atoms with Crippen LogP contribution < -0.4 is 0 Å². The van der Waals surface area contributed by atoms with E-state index in [1.165, 1.54) is 0 Å². The molecule has 0 amide bonds. The van der Waals surface area contributed by atoms with Crippen LogP contribution in [0.1, 0.15) is 0 Å². The Bertz CT molecular complexity index is 1260. The van der Waals surface area contributed by atoms with Crippen LogP contribution in [0.25, 0.3) is 45.3 Å². The molecule has 0 fully saturated rings.